The van der Waals surface area contributed by atoms with Crippen LogP contribution in [-0.4, -0.2) is 22.6 Å². The molecule has 0 radical (unpaired) electrons. The van der Waals surface area contributed by atoms with Crippen LogP contribution in [0.3, 0.4) is 0 Å². The van der Waals surface area contributed by atoms with E-state index in [4.69, 9.17) is 4.74 Å². The Morgan fingerprint density at radius 2 is 1.70 bits per heavy atom. The standard InChI is InChI=1S/C16H28O4/c1-11(2)10-12(13(17)18)16(8-6-7-9-16)14(19)20-15(3,4)5/h11-12H,6-10H2,1-5H3,(H,17,18)/t12-/m0/s1. The van der Waals surface area contributed by atoms with Gasteiger partial charge in [-0.15, -0.1) is 0 Å². The van der Waals surface area contributed by atoms with Crippen LogP contribution >= 0.6 is 0 Å². The molecule has 116 valence electrons. The van der Waals surface area contributed by atoms with Crippen molar-refractivity contribution >= 4 is 11.9 Å². The number of hydrogen-bond acceptors (Lipinski definition) is 3. The Morgan fingerprint density at radius 1 is 1.20 bits per heavy atom. The highest BCUT2D eigenvalue weighted by molar-refractivity contribution is 5.85. The van der Waals surface area contributed by atoms with Gasteiger partial charge in [-0.3, -0.25) is 9.59 Å². The summed E-state index contributed by atoms with van der Waals surface area (Å²) in [6.07, 6.45) is 3.59. The number of carbonyl (C=O) groups is 2. The summed E-state index contributed by atoms with van der Waals surface area (Å²) in [4.78, 5) is 24.3. The van der Waals surface area contributed by atoms with Crippen LogP contribution in [0.2, 0.25) is 0 Å². The Kier molecular flexibility index (Phi) is 5.22. The van der Waals surface area contributed by atoms with Gasteiger partial charge in [-0.1, -0.05) is 26.7 Å². The van der Waals surface area contributed by atoms with Gasteiger partial charge in [-0.25, -0.2) is 0 Å². The fourth-order valence-electron chi connectivity index (χ4n) is 3.11. The molecule has 1 rings (SSSR count). The van der Waals surface area contributed by atoms with E-state index in [-0.39, 0.29) is 11.9 Å². The molecule has 0 unspecified atom stereocenters. The number of esters is 1. The molecule has 0 aliphatic heterocycles. The number of hydrogen-bond donors (Lipinski definition) is 1. The first kappa shape index (κ1) is 17.0. The predicted molar refractivity (Wildman–Crippen MR) is 77.3 cm³/mol. The fraction of sp³-hybridized carbons (Fsp3) is 0.875. The lowest BCUT2D eigenvalue weighted by Crippen LogP contribution is -2.44. The molecule has 0 bridgehead atoms. The van der Waals surface area contributed by atoms with E-state index >= 15 is 0 Å². The second-order valence-corrected chi connectivity index (χ2v) is 7.39. The average molecular weight is 284 g/mol. The van der Waals surface area contributed by atoms with Crippen LogP contribution in [0.15, 0.2) is 0 Å². The summed E-state index contributed by atoms with van der Waals surface area (Å²) >= 11 is 0. The number of aliphatic carboxylic acids is 1. The molecule has 0 amide bonds. The minimum Gasteiger partial charge on any atom is -0.481 e. The zero-order chi connectivity index (χ0) is 15.6. The van der Waals surface area contributed by atoms with Crippen molar-refractivity contribution in [3.05, 3.63) is 0 Å². The SMILES string of the molecule is CC(C)C[C@@H](C(=O)O)C1(C(=O)OC(C)(C)C)CCCC1. The maximum Gasteiger partial charge on any atom is 0.313 e. The molecule has 0 aromatic heterocycles. The molecule has 20 heavy (non-hydrogen) atoms. The second-order valence-electron chi connectivity index (χ2n) is 7.39. The Bertz CT molecular complexity index is 359. The van der Waals surface area contributed by atoms with Gasteiger partial charge in [0.15, 0.2) is 0 Å². The number of rotatable bonds is 5. The van der Waals surface area contributed by atoms with Gasteiger partial charge in [0, 0.05) is 0 Å². The van der Waals surface area contributed by atoms with Crippen LogP contribution in [-0.2, 0) is 14.3 Å². The van der Waals surface area contributed by atoms with E-state index < -0.39 is 22.9 Å². The van der Waals surface area contributed by atoms with E-state index in [1.807, 2.05) is 34.6 Å². The molecule has 0 heterocycles. The van der Waals surface area contributed by atoms with Crippen molar-refractivity contribution in [3.8, 4) is 0 Å². The molecular formula is C16H28O4. The lowest BCUT2D eigenvalue weighted by atomic mass is 9.70. The van der Waals surface area contributed by atoms with Gasteiger partial charge in [0.05, 0.1) is 11.3 Å². The molecule has 0 saturated heterocycles. The van der Waals surface area contributed by atoms with E-state index in [9.17, 15) is 14.7 Å². The third-order valence-corrected chi connectivity index (χ3v) is 3.97. The molecular weight excluding hydrogens is 256 g/mol. The number of carboxylic acid groups (broad SMARTS) is 1. The van der Waals surface area contributed by atoms with Crippen LogP contribution < -0.4 is 0 Å². The topological polar surface area (TPSA) is 63.6 Å². The van der Waals surface area contributed by atoms with Crippen molar-refractivity contribution in [2.45, 2.75) is 72.3 Å². The predicted octanol–water partition coefficient (Wildman–Crippen LogP) is 3.64. The molecule has 1 fully saturated rings. The monoisotopic (exact) mass is 284 g/mol. The molecule has 0 spiro atoms. The Morgan fingerprint density at radius 3 is 2.05 bits per heavy atom. The molecule has 4 nitrogen and oxygen atoms in total. The summed E-state index contributed by atoms with van der Waals surface area (Å²) in [6, 6.07) is 0. The highest BCUT2D eigenvalue weighted by atomic mass is 16.6. The van der Waals surface area contributed by atoms with Gasteiger partial charge < -0.3 is 9.84 Å². The van der Waals surface area contributed by atoms with Crippen molar-refractivity contribution in [3.63, 3.8) is 0 Å². The maximum absolute atomic E-state index is 12.6. The lowest BCUT2D eigenvalue weighted by molar-refractivity contribution is -0.177. The molecule has 4 heteroatoms. The second kappa shape index (κ2) is 6.15. The van der Waals surface area contributed by atoms with Crippen molar-refractivity contribution < 1.29 is 19.4 Å². The molecule has 1 aliphatic carbocycles. The van der Waals surface area contributed by atoms with Crippen LogP contribution in [0.5, 0.6) is 0 Å². The van der Waals surface area contributed by atoms with Crippen molar-refractivity contribution in [2.24, 2.45) is 17.3 Å². The van der Waals surface area contributed by atoms with Gasteiger partial charge in [0.25, 0.3) is 0 Å². The Balaban J connectivity index is 3.05. The summed E-state index contributed by atoms with van der Waals surface area (Å²) in [5, 5.41) is 9.59. The molecule has 1 saturated carbocycles. The normalized spacial score (nSPS) is 19.9. The molecule has 0 aromatic rings. The third-order valence-electron chi connectivity index (χ3n) is 3.97. The quantitative estimate of drug-likeness (QED) is 0.783. The summed E-state index contributed by atoms with van der Waals surface area (Å²) < 4.78 is 5.54. The van der Waals surface area contributed by atoms with E-state index in [0.29, 0.717) is 19.3 Å². The average Bonchev–Trinajstić information content (AvgIpc) is 2.72. The van der Waals surface area contributed by atoms with Crippen molar-refractivity contribution in [1.29, 1.82) is 0 Å². The molecule has 1 atom stereocenters. The number of carboxylic acids is 1. The maximum atomic E-state index is 12.6. The van der Waals surface area contributed by atoms with Gasteiger partial charge in [-0.05, 0) is 46.0 Å². The molecule has 1 aliphatic rings. The smallest absolute Gasteiger partial charge is 0.313 e. The van der Waals surface area contributed by atoms with Crippen LogP contribution in [0, 0.1) is 17.3 Å². The number of carbonyl (C=O) groups excluding carboxylic acids is 1. The van der Waals surface area contributed by atoms with Crippen molar-refractivity contribution in [2.75, 3.05) is 0 Å². The van der Waals surface area contributed by atoms with E-state index in [1.165, 1.54) is 0 Å². The van der Waals surface area contributed by atoms with E-state index in [2.05, 4.69) is 0 Å². The zero-order valence-corrected chi connectivity index (χ0v) is 13.4. The zero-order valence-electron chi connectivity index (χ0n) is 13.4. The molecule has 1 N–H and O–H groups in total. The Hall–Kier alpha value is -1.06. The van der Waals surface area contributed by atoms with Gasteiger partial charge in [-0.2, -0.15) is 0 Å². The Labute approximate surface area is 121 Å². The first-order valence-corrected chi connectivity index (χ1v) is 7.55. The third kappa shape index (κ3) is 3.97. The fourth-order valence-corrected chi connectivity index (χ4v) is 3.11. The highest BCUT2D eigenvalue weighted by Gasteiger charge is 2.52. The van der Waals surface area contributed by atoms with Crippen molar-refractivity contribution in [1.82, 2.24) is 0 Å². The van der Waals surface area contributed by atoms with E-state index in [0.717, 1.165) is 12.8 Å². The first-order valence-electron chi connectivity index (χ1n) is 7.55. The highest BCUT2D eigenvalue weighted by Crippen LogP contribution is 2.48. The minimum absolute atomic E-state index is 0.246. The number of ether oxygens (including phenoxy) is 1. The van der Waals surface area contributed by atoms with Crippen LogP contribution in [0.4, 0.5) is 0 Å². The minimum atomic E-state index is -0.869. The van der Waals surface area contributed by atoms with Gasteiger partial charge in [0.2, 0.25) is 0 Å². The summed E-state index contributed by atoms with van der Waals surface area (Å²) in [6.45, 7) is 9.46. The summed E-state index contributed by atoms with van der Waals surface area (Å²) in [5.41, 5.74) is -1.41. The van der Waals surface area contributed by atoms with Crippen LogP contribution in [0.1, 0.15) is 66.7 Å². The molecule has 0 aromatic carbocycles. The lowest BCUT2D eigenvalue weighted by Gasteiger charge is -2.36. The largest absolute Gasteiger partial charge is 0.481 e. The van der Waals surface area contributed by atoms with Gasteiger partial charge >= 0.3 is 11.9 Å². The summed E-state index contributed by atoms with van der Waals surface area (Å²) in [5.74, 6) is -1.59. The van der Waals surface area contributed by atoms with Crippen LogP contribution in [0.25, 0.3) is 0 Å². The van der Waals surface area contributed by atoms with Gasteiger partial charge in [0.1, 0.15) is 5.60 Å². The van der Waals surface area contributed by atoms with E-state index in [1.54, 1.807) is 0 Å². The first-order chi connectivity index (χ1) is 9.08. The summed E-state index contributed by atoms with van der Waals surface area (Å²) in [7, 11) is 0.